The minimum atomic E-state index is 0.240. The Morgan fingerprint density at radius 3 is 2.68 bits per heavy atom. The van der Waals surface area contributed by atoms with E-state index >= 15 is 0 Å². The quantitative estimate of drug-likeness (QED) is 0.614. The molecule has 3 rings (SSSR count). The maximum atomic E-state index is 5.82. The third-order valence-electron chi connectivity index (χ3n) is 5.02. The highest BCUT2D eigenvalue weighted by atomic mass is 32.2. The van der Waals surface area contributed by atoms with E-state index in [4.69, 9.17) is 14.7 Å². The lowest BCUT2D eigenvalue weighted by Crippen LogP contribution is -2.50. The maximum Gasteiger partial charge on any atom is 0.194 e. The summed E-state index contributed by atoms with van der Waals surface area (Å²) in [6.07, 6.45) is 2.44. The Kier molecular flexibility index (Phi) is 7.10. The first kappa shape index (κ1) is 21.2. The van der Waals surface area contributed by atoms with Crippen LogP contribution >= 0.6 is 11.8 Å². The fraction of sp³-hybridized carbons (Fsp3) is 0.714. The van der Waals surface area contributed by atoms with Gasteiger partial charge in [0.2, 0.25) is 0 Å². The van der Waals surface area contributed by atoms with Gasteiger partial charge < -0.3 is 19.9 Å². The van der Waals surface area contributed by atoms with Gasteiger partial charge in [-0.25, -0.2) is 9.98 Å². The third-order valence-corrected chi connectivity index (χ3v) is 6.32. The predicted molar refractivity (Wildman–Crippen MR) is 119 cm³/mol. The zero-order valence-corrected chi connectivity index (χ0v) is 18.8. The molecule has 2 aliphatic heterocycles. The van der Waals surface area contributed by atoms with E-state index in [2.05, 4.69) is 61.9 Å². The zero-order chi connectivity index (χ0) is 20.1. The molecule has 3 heterocycles. The van der Waals surface area contributed by atoms with Crippen LogP contribution in [0.3, 0.4) is 0 Å². The minimum Gasteiger partial charge on any atom is -0.372 e. The fourth-order valence-corrected chi connectivity index (χ4v) is 4.96. The molecule has 6 nitrogen and oxygen atoms in total. The van der Waals surface area contributed by atoms with Crippen LogP contribution < -0.4 is 10.2 Å². The van der Waals surface area contributed by atoms with E-state index in [1.165, 1.54) is 0 Å². The van der Waals surface area contributed by atoms with E-state index in [9.17, 15) is 0 Å². The molecule has 0 aromatic carbocycles. The largest absolute Gasteiger partial charge is 0.372 e. The Labute approximate surface area is 174 Å². The summed E-state index contributed by atoms with van der Waals surface area (Å²) >= 11 is 2.04. The standard InChI is InChI=1S/C21H35N5OS/c1-6-22-20(25-9-10-28-21(4,5)15-25)24-12-18-7-8-19(23-11-18)26-13-16(2)27-17(3)14-26/h7-8,11,16-17H,6,9-10,12-15H2,1-5H3,(H,22,24). The van der Waals surface area contributed by atoms with Crippen molar-refractivity contribution in [3.8, 4) is 0 Å². The van der Waals surface area contributed by atoms with E-state index in [1.807, 2.05) is 18.0 Å². The lowest BCUT2D eigenvalue weighted by atomic mass is 10.2. The lowest BCUT2D eigenvalue weighted by molar-refractivity contribution is -0.00545. The summed E-state index contributed by atoms with van der Waals surface area (Å²) < 4.78 is 6.09. The van der Waals surface area contributed by atoms with Gasteiger partial charge in [0, 0.05) is 49.4 Å². The van der Waals surface area contributed by atoms with Gasteiger partial charge in [-0.2, -0.15) is 11.8 Å². The monoisotopic (exact) mass is 405 g/mol. The fourth-order valence-electron chi connectivity index (χ4n) is 3.85. The number of hydrogen-bond donors (Lipinski definition) is 1. The second kappa shape index (κ2) is 9.35. The van der Waals surface area contributed by atoms with Gasteiger partial charge in [-0.1, -0.05) is 6.07 Å². The number of nitrogens with zero attached hydrogens (tertiary/aromatic N) is 4. The first-order chi connectivity index (χ1) is 13.4. The molecule has 1 N–H and O–H groups in total. The van der Waals surface area contributed by atoms with Gasteiger partial charge in [-0.15, -0.1) is 0 Å². The molecule has 2 fully saturated rings. The number of morpholine rings is 1. The molecule has 1 aromatic rings. The van der Waals surface area contributed by atoms with Crippen molar-refractivity contribution >= 4 is 23.5 Å². The van der Waals surface area contributed by atoms with Crippen molar-refractivity contribution in [1.29, 1.82) is 0 Å². The highest BCUT2D eigenvalue weighted by Crippen LogP contribution is 2.29. The summed E-state index contributed by atoms with van der Waals surface area (Å²) in [5.41, 5.74) is 1.14. The van der Waals surface area contributed by atoms with Crippen LogP contribution in [-0.4, -0.2) is 71.3 Å². The number of pyridine rings is 1. The Bertz CT molecular complexity index is 653. The first-order valence-electron chi connectivity index (χ1n) is 10.4. The van der Waals surface area contributed by atoms with Crippen molar-refractivity contribution in [2.75, 3.05) is 43.4 Å². The molecule has 28 heavy (non-hydrogen) atoms. The minimum absolute atomic E-state index is 0.240. The number of thioether (sulfide) groups is 1. The molecule has 2 aliphatic rings. The maximum absolute atomic E-state index is 5.82. The summed E-state index contributed by atoms with van der Waals surface area (Å²) in [6, 6.07) is 4.26. The Morgan fingerprint density at radius 1 is 1.32 bits per heavy atom. The number of ether oxygens (including phenoxy) is 1. The smallest absolute Gasteiger partial charge is 0.194 e. The average molecular weight is 406 g/mol. The first-order valence-corrected chi connectivity index (χ1v) is 11.4. The number of rotatable bonds is 4. The molecule has 0 amide bonds. The van der Waals surface area contributed by atoms with Crippen molar-refractivity contribution in [3.05, 3.63) is 23.9 Å². The number of guanidine groups is 1. The zero-order valence-electron chi connectivity index (χ0n) is 17.9. The molecule has 7 heteroatoms. The van der Waals surface area contributed by atoms with E-state index in [0.29, 0.717) is 6.54 Å². The normalized spacial score (nSPS) is 25.7. The summed E-state index contributed by atoms with van der Waals surface area (Å²) in [5, 5.41) is 3.46. The third kappa shape index (κ3) is 5.77. The average Bonchev–Trinajstić information content (AvgIpc) is 2.64. The van der Waals surface area contributed by atoms with Crippen molar-refractivity contribution < 1.29 is 4.74 Å². The topological polar surface area (TPSA) is 53.0 Å². The van der Waals surface area contributed by atoms with Gasteiger partial charge in [-0.3, -0.25) is 0 Å². The molecular weight excluding hydrogens is 370 g/mol. The molecule has 1 aromatic heterocycles. The van der Waals surface area contributed by atoms with Crippen LogP contribution in [0.5, 0.6) is 0 Å². The SMILES string of the molecule is CCNC(=NCc1ccc(N2CC(C)OC(C)C2)nc1)N1CCSC(C)(C)C1. The molecule has 2 saturated heterocycles. The molecule has 2 unspecified atom stereocenters. The molecular formula is C21H35N5OS. The van der Waals surface area contributed by atoms with E-state index in [1.54, 1.807) is 0 Å². The number of anilines is 1. The van der Waals surface area contributed by atoms with Crippen LogP contribution in [0.1, 0.15) is 40.2 Å². The van der Waals surface area contributed by atoms with Gasteiger partial charge in [0.05, 0.1) is 18.8 Å². The molecule has 2 atom stereocenters. The van der Waals surface area contributed by atoms with Crippen molar-refractivity contribution in [2.45, 2.75) is 58.1 Å². The molecule has 156 valence electrons. The highest BCUT2D eigenvalue weighted by Gasteiger charge is 2.28. The van der Waals surface area contributed by atoms with Crippen LogP contribution in [0.4, 0.5) is 5.82 Å². The summed E-state index contributed by atoms with van der Waals surface area (Å²) in [7, 11) is 0. The van der Waals surface area contributed by atoms with Gasteiger partial charge in [-0.05, 0) is 46.2 Å². The number of aliphatic imine (C=N–C) groups is 1. The van der Waals surface area contributed by atoms with E-state index in [0.717, 1.165) is 55.8 Å². The van der Waals surface area contributed by atoms with E-state index in [-0.39, 0.29) is 17.0 Å². The molecule has 0 spiro atoms. The lowest BCUT2D eigenvalue weighted by Gasteiger charge is -2.39. The summed E-state index contributed by atoms with van der Waals surface area (Å²) in [5.74, 6) is 3.18. The number of aromatic nitrogens is 1. The predicted octanol–water partition coefficient (Wildman–Crippen LogP) is 2.99. The summed E-state index contributed by atoms with van der Waals surface area (Å²) in [6.45, 7) is 16.4. The van der Waals surface area contributed by atoms with Crippen LogP contribution in [0, 0.1) is 0 Å². The summed E-state index contributed by atoms with van der Waals surface area (Å²) in [4.78, 5) is 14.3. The van der Waals surface area contributed by atoms with Gasteiger partial charge in [0.15, 0.2) is 5.96 Å². The Morgan fingerprint density at radius 2 is 2.07 bits per heavy atom. The second-order valence-corrected chi connectivity index (χ2v) is 10.2. The molecule has 0 bridgehead atoms. The molecule has 0 radical (unpaired) electrons. The number of nitrogens with one attached hydrogen (secondary N) is 1. The van der Waals surface area contributed by atoms with Gasteiger partial charge in [0.1, 0.15) is 5.82 Å². The Balaban J connectivity index is 1.64. The van der Waals surface area contributed by atoms with Gasteiger partial charge in [0.25, 0.3) is 0 Å². The second-order valence-electron chi connectivity index (χ2n) is 8.39. The van der Waals surface area contributed by atoms with Crippen LogP contribution in [0.25, 0.3) is 0 Å². The van der Waals surface area contributed by atoms with E-state index < -0.39 is 0 Å². The van der Waals surface area contributed by atoms with Crippen LogP contribution in [-0.2, 0) is 11.3 Å². The molecule has 0 aliphatic carbocycles. The van der Waals surface area contributed by atoms with Crippen molar-refractivity contribution in [2.24, 2.45) is 4.99 Å². The highest BCUT2D eigenvalue weighted by molar-refractivity contribution is 8.00. The van der Waals surface area contributed by atoms with Crippen molar-refractivity contribution in [3.63, 3.8) is 0 Å². The Hall–Kier alpha value is -1.47. The van der Waals surface area contributed by atoms with Gasteiger partial charge >= 0.3 is 0 Å². The van der Waals surface area contributed by atoms with Crippen molar-refractivity contribution in [1.82, 2.24) is 15.2 Å². The number of hydrogen-bond acceptors (Lipinski definition) is 5. The molecule has 0 saturated carbocycles. The van der Waals surface area contributed by atoms with Crippen LogP contribution in [0.2, 0.25) is 0 Å². The van der Waals surface area contributed by atoms with Crippen LogP contribution in [0.15, 0.2) is 23.3 Å².